The highest BCUT2D eigenvalue weighted by Crippen LogP contribution is 2.16. The molecule has 2 atom stereocenters. The Morgan fingerprint density at radius 1 is 1.47 bits per heavy atom. The van der Waals surface area contributed by atoms with Gasteiger partial charge in [0.15, 0.2) is 15.3 Å². The van der Waals surface area contributed by atoms with Crippen LogP contribution in [0, 0.1) is 0 Å². The topological polar surface area (TPSA) is 66.8 Å². The van der Waals surface area contributed by atoms with Gasteiger partial charge in [0, 0.05) is 26.2 Å². The summed E-state index contributed by atoms with van der Waals surface area (Å²) in [5.41, 5.74) is -1.22. The van der Waals surface area contributed by atoms with Crippen molar-refractivity contribution in [3.63, 3.8) is 0 Å². The summed E-state index contributed by atoms with van der Waals surface area (Å²) in [4.78, 5) is 1.97. The lowest BCUT2D eigenvalue weighted by atomic mass is 10.2. The zero-order valence-corrected chi connectivity index (χ0v) is 9.45. The third kappa shape index (κ3) is 2.69. The Balaban J connectivity index is 1.85. The van der Waals surface area contributed by atoms with Gasteiger partial charge in [0.1, 0.15) is 0 Å². The van der Waals surface area contributed by atoms with E-state index in [1.165, 1.54) is 0 Å². The van der Waals surface area contributed by atoms with Gasteiger partial charge in [0.25, 0.3) is 0 Å². The quantitative estimate of drug-likeness (QED) is 0.679. The van der Waals surface area contributed by atoms with E-state index >= 15 is 0 Å². The molecule has 2 rings (SSSR count). The van der Waals surface area contributed by atoms with Crippen LogP contribution in [0.4, 0.5) is 0 Å². The summed E-state index contributed by atoms with van der Waals surface area (Å²) >= 11 is 0. The van der Waals surface area contributed by atoms with Crippen molar-refractivity contribution in [2.75, 3.05) is 32.0 Å². The van der Waals surface area contributed by atoms with Crippen molar-refractivity contribution >= 4 is 9.84 Å². The van der Waals surface area contributed by atoms with E-state index in [1.54, 1.807) is 0 Å². The van der Waals surface area contributed by atoms with E-state index in [0.29, 0.717) is 6.54 Å². The van der Waals surface area contributed by atoms with Gasteiger partial charge in [0.2, 0.25) is 0 Å². The van der Waals surface area contributed by atoms with Crippen molar-refractivity contribution in [2.24, 2.45) is 0 Å². The number of hydrogen-bond acceptors (Lipinski definition) is 5. The molecule has 1 unspecified atom stereocenters. The van der Waals surface area contributed by atoms with Crippen LogP contribution < -0.4 is 0 Å². The van der Waals surface area contributed by atoms with Crippen LogP contribution in [0.3, 0.4) is 0 Å². The summed E-state index contributed by atoms with van der Waals surface area (Å²) in [5, 5.41) is 9.41. The van der Waals surface area contributed by atoms with Gasteiger partial charge in [-0.1, -0.05) is 0 Å². The number of aliphatic hydroxyl groups is 1. The summed E-state index contributed by atoms with van der Waals surface area (Å²) in [6.45, 7) is 2.29. The second kappa shape index (κ2) is 4.37. The first-order valence-electron chi connectivity index (χ1n) is 5.31. The second-order valence-electron chi connectivity index (χ2n) is 4.22. The molecular weight excluding hydrogens is 218 g/mol. The predicted molar refractivity (Wildman–Crippen MR) is 55.2 cm³/mol. The van der Waals surface area contributed by atoms with E-state index in [2.05, 4.69) is 0 Å². The van der Waals surface area contributed by atoms with E-state index in [9.17, 15) is 13.5 Å². The maximum Gasteiger partial charge on any atom is 0.179 e. The van der Waals surface area contributed by atoms with Crippen molar-refractivity contribution in [2.45, 2.75) is 24.4 Å². The normalized spacial score (nSPS) is 36.9. The lowest BCUT2D eigenvalue weighted by Gasteiger charge is -2.31. The molecule has 0 aliphatic carbocycles. The van der Waals surface area contributed by atoms with Gasteiger partial charge < -0.3 is 9.84 Å². The molecular formula is C9H17NO4S. The predicted octanol–water partition coefficient (Wildman–Crippen LogP) is -0.786. The maximum atomic E-state index is 11.3. The summed E-state index contributed by atoms with van der Waals surface area (Å²) in [5.74, 6) is 0.0564. The van der Waals surface area contributed by atoms with Crippen LogP contribution in [0.1, 0.15) is 12.8 Å². The largest absolute Gasteiger partial charge is 0.377 e. The fraction of sp³-hybridized carbons (Fsp3) is 1.00. The van der Waals surface area contributed by atoms with Gasteiger partial charge in [0.05, 0.1) is 11.9 Å². The zero-order chi connectivity index (χ0) is 10.9. The molecule has 2 saturated heterocycles. The molecule has 88 valence electrons. The van der Waals surface area contributed by atoms with Gasteiger partial charge in [-0.3, -0.25) is 4.90 Å². The van der Waals surface area contributed by atoms with Crippen LogP contribution in [0.5, 0.6) is 0 Å². The minimum atomic E-state index is -3.25. The molecule has 2 heterocycles. The molecule has 1 N–H and O–H groups in total. The first-order valence-corrected chi connectivity index (χ1v) is 7.03. The molecule has 0 amide bonds. The van der Waals surface area contributed by atoms with Crippen molar-refractivity contribution < 1.29 is 18.3 Å². The molecule has 0 aromatic rings. The van der Waals surface area contributed by atoms with Crippen LogP contribution in [0.15, 0.2) is 0 Å². The Morgan fingerprint density at radius 2 is 2.27 bits per heavy atom. The molecule has 6 heteroatoms. The highest BCUT2D eigenvalue weighted by Gasteiger charge is 2.32. The van der Waals surface area contributed by atoms with E-state index in [1.807, 2.05) is 4.90 Å². The van der Waals surface area contributed by atoms with E-state index in [-0.39, 0.29) is 18.4 Å². The number of β-amino-alcohol motifs (C(OH)–C–C–N with tert-alkyl or cyclic N) is 1. The molecule has 0 bridgehead atoms. The van der Waals surface area contributed by atoms with Crippen LogP contribution in [-0.2, 0) is 14.6 Å². The SMILES string of the molecule is O=S1(=O)CCN(CC2CCCO2)C[C@H]1O. The van der Waals surface area contributed by atoms with Gasteiger partial charge >= 0.3 is 0 Å². The van der Waals surface area contributed by atoms with Gasteiger partial charge in [-0.05, 0) is 12.8 Å². The lowest BCUT2D eigenvalue weighted by Crippen LogP contribution is -2.48. The second-order valence-corrected chi connectivity index (χ2v) is 6.49. The molecule has 15 heavy (non-hydrogen) atoms. The fourth-order valence-corrected chi connectivity index (χ4v) is 3.28. The average Bonchev–Trinajstić information content (AvgIpc) is 2.65. The molecule has 0 saturated carbocycles. The van der Waals surface area contributed by atoms with Crippen LogP contribution in [0.2, 0.25) is 0 Å². The Kier molecular flexibility index (Phi) is 3.30. The van der Waals surface area contributed by atoms with Crippen molar-refractivity contribution in [3.05, 3.63) is 0 Å². The number of hydrogen-bond donors (Lipinski definition) is 1. The highest BCUT2D eigenvalue weighted by molar-refractivity contribution is 7.91. The van der Waals surface area contributed by atoms with Gasteiger partial charge in [-0.15, -0.1) is 0 Å². The molecule has 5 nitrogen and oxygen atoms in total. The Morgan fingerprint density at radius 3 is 2.87 bits per heavy atom. The summed E-state index contributed by atoms with van der Waals surface area (Å²) in [7, 11) is -3.25. The molecule has 0 spiro atoms. The van der Waals surface area contributed by atoms with Crippen LogP contribution >= 0.6 is 0 Å². The molecule has 2 fully saturated rings. The Labute approximate surface area is 89.9 Å². The van der Waals surface area contributed by atoms with Crippen LogP contribution in [-0.4, -0.2) is 62.0 Å². The Bertz CT molecular complexity index is 310. The smallest absolute Gasteiger partial charge is 0.179 e. The molecule has 0 aromatic carbocycles. The van der Waals surface area contributed by atoms with Crippen molar-refractivity contribution in [3.8, 4) is 0 Å². The average molecular weight is 235 g/mol. The zero-order valence-electron chi connectivity index (χ0n) is 8.63. The van der Waals surface area contributed by atoms with Gasteiger partial charge in [-0.25, -0.2) is 8.42 Å². The number of nitrogens with zero attached hydrogens (tertiary/aromatic N) is 1. The third-order valence-corrected chi connectivity index (χ3v) is 4.74. The van der Waals surface area contributed by atoms with Gasteiger partial charge in [-0.2, -0.15) is 0 Å². The molecule has 0 radical (unpaired) electrons. The standard InChI is InChI=1S/C9H17NO4S/c11-9-7-10(3-5-15(9,12)13)6-8-2-1-4-14-8/h8-9,11H,1-7H2/t8?,9-/m0/s1. The molecule has 2 aliphatic heterocycles. The van der Waals surface area contributed by atoms with E-state index < -0.39 is 15.3 Å². The number of ether oxygens (including phenoxy) is 1. The summed E-state index contributed by atoms with van der Waals surface area (Å²) in [6, 6.07) is 0. The molecule has 0 aromatic heterocycles. The van der Waals surface area contributed by atoms with E-state index in [4.69, 9.17) is 4.74 Å². The fourth-order valence-electron chi connectivity index (χ4n) is 2.06. The highest BCUT2D eigenvalue weighted by atomic mass is 32.2. The maximum absolute atomic E-state index is 11.3. The first-order chi connectivity index (χ1) is 7.08. The third-order valence-electron chi connectivity index (χ3n) is 3.01. The van der Waals surface area contributed by atoms with E-state index in [0.717, 1.165) is 26.0 Å². The Hall–Kier alpha value is -0.170. The van der Waals surface area contributed by atoms with Crippen LogP contribution in [0.25, 0.3) is 0 Å². The number of aliphatic hydroxyl groups excluding tert-OH is 1. The first kappa shape index (κ1) is 11.3. The number of sulfone groups is 1. The van der Waals surface area contributed by atoms with Crippen molar-refractivity contribution in [1.29, 1.82) is 0 Å². The minimum Gasteiger partial charge on any atom is -0.377 e. The summed E-state index contributed by atoms with van der Waals surface area (Å²) in [6.07, 6.45) is 2.34. The van der Waals surface area contributed by atoms with Crippen molar-refractivity contribution in [1.82, 2.24) is 4.90 Å². The monoisotopic (exact) mass is 235 g/mol. The lowest BCUT2D eigenvalue weighted by molar-refractivity contribution is 0.0610. The molecule has 2 aliphatic rings. The minimum absolute atomic E-state index is 0.0564. The summed E-state index contributed by atoms with van der Waals surface area (Å²) < 4.78 is 28.0. The number of rotatable bonds is 2.